The van der Waals surface area contributed by atoms with Crippen LogP contribution in [0.2, 0.25) is 10.0 Å². The van der Waals surface area contributed by atoms with E-state index in [-0.39, 0.29) is 34.7 Å². The van der Waals surface area contributed by atoms with Crippen molar-refractivity contribution in [2.45, 2.75) is 19.3 Å². The molecule has 3 nitrogen and oxygen atoms in total. The molecule has 0 unspecified atom stereocenters. The van der Waals surface area contributed by atoms with E-state index >= 15 is 0 Å². The predicted molar refractivity (Wildman–Crippen MR) is 66.0 cm³/mol. The number of benzene rings is 1. The van der Waals surface area contributed by atoms with Crippen LogP contribution in [0.25, 0.3) is 0 Å². The van der Waals surface area contributed by atoms with Gasteiger partial charge < -0.3 is 10.4 Å². The monoisotopic (exact) mass is 279 g/mol. The number of halogens is 3. The molecule has 0 aromatic heterocycles. The van der Waals surface area contributed by atoms with Gasteiger partial charge in [-0.05, 0) is 25.0 Å². The third kappa shape index (κ3) is 4.50. The molecule has 94 valence electrons. The van der Waals surface area contributed by atoms with E-state index in [1.807, 2.05) is 0 Å². The molecule has 0 fully saturated rings. The van der Waals surface area contributed by atoms with Gasteiger partial charge in [0.2, 0.25) is 5.91 Å². The Morgan fingerprint density at radius 3 is 2.41 bits per heavy atom. The zero-order chi connectivity index (χ0) is 12.8. The molecule has 17 heavy (non-hydrogen) atoms. The summed E-state index contributed by atoms with van der Waals surface area (Å²) in [7, 11) is 0. The highest BCUT2D eigenvalue weighted by molar-refractivity contribution is 6.39. The average molecular weight is 280 g/mol. The van der Waals surface area contributed by atoms with Crippen LogP contribution >= 0.6 is 23.2 Å². The van der Waals surface area contributed by atoms with Gasteiger partial charge in [0.05, 0.1) is 15.7 Å². The van der Waals surface area contributed by atoms with E-state index in [1.54, 1.807) is 0 Å². The maximum Gasteiger partial charge on any atom is 0.224 e. The third-order valence-electron chi connectivity index (χ3n) is 2.08. The molecule has 0 aliphatic rings. The van der Waals surface area contributed by atoms with Crippen LogP contribution in [-0.2, 0) is 4.79 Å². The molecule has 6 heteroatoms. The molecule has 1 aromatic carbocycles. The molecule has 0 aliphatic heterocycles. The number of rotatable bonds is 5. The van der Waals surface area contributed by atoms with E-state index in [0.717, 1.165) is 12.1 Å². The molecule has 0 atom stereocenters. The van der Waals surface area contributed by atoms with Crippen LogP contribution in [0.5, 0.6) is 0 Å². The second kappa shape index (κ2) is 6.79. The standard InChI is InChI=1S/C11H12Cl2FNO2/c12-8-5-7(14)6-9(13)11(8)15-10(17)3-1-2-4-16/h5-6,16H,1-4H2,(H,15,17). The fourth-order valence-electron chi connectivity index (χ4n) is 1.26. The lowest BCUT2D eigenvalue weighted by Crippen LogP contribution is -2.12. The van der Waals surface area contributed by atoms with Gasteiger partial charge in [-0.3, -0.25) is 4.79 Å². The van der Waals surface area contributed by atoms with E-state index in [9.17, 15) is 9.18 Å². The number of carbonyl (C=O) groups excluding carboxylic acids is 1. The summed E-state index contributed by atoms with van der Waals surface area (Å²) in [5.41, 5.74) is 0.212. The van der Waals surface area contributed by atoms with Crippen LogP contribution in [0, 0.1) is 5.82 Å². The number of anilines is 1. The Bertz CT molecular complexity index is 389. The lowest BCUT2D eigenvalue weighted by Gasteiger charge is -2.09. The summed E-state index contributed by atoms with van der Waals surface area (Å²) < 4.78 is 12.9. The smallest absolute Gasteiger partial charge is 0.224 e. The minimum atomic E-state index is -0.557. The number of amides is 1. The third-order valence-corrected chi connectivity index (χ3v) is 2.68. The number of aliphatic hydroxyl groups excluding tert-OH is 1. The predicted octanol–water partition coefficient (Wildman–Crippen LogP) is 3.23. The summed E-state index contributed by atoms with van der Waals surface area (Å²) in [5.74, 6) is -0.827. The zero-order valence-electron chi connectivity index (χ0n) is 8.97. The number of hydrogen-bond donors (Lipinski definition) is 2. The lowest BCUT2D eigenvalue weighted by molar-refractivity contribution is -0.116. The summed E-state index contributed by atoms with van der Waals surface area (Å²) in [5, 5.41) is 11.2. The Morgan fingerprint density at radius 2 is 1.88 bits per heavy atom. The highest BCUT2D eigenvalue weighted by atomic mass is 35.5. The molecule has 2 N–H and O–H groups in total. The molecule has 1 rings (SSSR count). The first kappa shape index (κ1) is 14.2. The Hall–Kier alpha value is -0.840. The van der Waals surface area contributed by atoms with Crippen molar-refractivity contribution in [2.75, 3.05) is 11.9 Å². The van der Waals surface area contributed by atoms with Gasteiger partial charge in [-0.15, -0.1) is 0 Å². The van der Waals surface area contributed by atoms with Crippen molar-refractivity contribution in [3.63, 3.8) is 0 Å². The average Bonchev–Trinajstić information content (AvgIpc) is 2.24. The second-order valence-electron chi connectivity index (χ2n) is 3.47. The zero-order valence-corrected chi connectivity index (χ0v) is 10.5. The van der Waals surface area contributed by atoms with Gasteiger partial charge in [0.25, 0.3) is 0 Å². The van der Waals surface area contributed by atoms with Crippen LogP contribution in [-0.4, -0.2) is 17.6 Å². The quantitative estimate of drug-likeness (QED) is 0.813. The highest BCUT2D eigenvalue weighted by Gasteiger charge is 2.11. The minimum Gasteiger partial charge on any atom is -0.396 e. The van der Waals surface area contributed by atoms with Crippen molar-refractivity contribution in [3.8, 4) is 0 Å². The van der Waals surface area contributed by atoms with Crippen LogP contribution in [0.1, 0.15) is 19.3 Å². The Labute approximate surface area is 109 Å². The molecule has 0 heterocycles. The van der Waals surface area contributed by atoms with E-state index in [4.69, 9.17) is 28.3 Å². The summed E-state index contributed by atoms with van der Waals surface area (Å²) in [6, 6.07) is 2.16. The maximum absolute atomic E-state index is 12.9. The summed E-state index contributed by atoms with van der Waals surface area (Å²) in [4.78, 5) is 11.5. The van der Waals surface area contributed by atoms with Crippen molar-refractivity contribution < 1.29 is 14.3 Å². The van der Waals surface area contributed by atoms with E-state index in [0.29, 0.717) is 12.8 Å². The first-order valence-electron chi connectivity index (χ1n) is 5.10. The molecule has 1 amide bonds. The fourth-order valence-corrected chi connectivity index (χ4v) is 1.82. The van der Waals surface area contributed by atoms with Crippen LogP contribution in [0.3, 0.4) is 0 Å². The first-order valence-corrected chi connectivity index (χ1v) is 5.85. The fraction of sp³-hybridized carbons (Fsp3) is 0.364. The van der Waals surface area contributed by atoms with Crippen LogP contribution in [0.15, 0.2) is 12.1 Å². The molecule has 0 saturated carbocycles. The molecule has 0 bridgehead atoms. The number of hydrogen-bond acceptors (Lipinski definition) is 2. The molecule has 1 aromatic rings. The Morgan fingerprint density at radius 1 is 1.29 bits per heavy atom. The van der Waals surface area contributed by atoms with E-state index in [1.165, 1.54) is 0 Å². The van der Waals surface area contributed by atoms with Crippen molar-refractivity contribution >= 4 is 34.8 Å². The first-order chi connectivity index (χ1) is 8.04. The molecule has 0 radical (unpaired) electrons. The van der Waals surface area contributed by atoms with Crippen molar-refractivity contribution in [1.82, 2.24) is 0 Å². The van der Waals surface area contributed by atoms with Gasteiger partial charge in [0.1, 0.15) is 5.82 Å². The van der Waals surface area contributed by atoms with Gasteiger partial charge >= 0.3 is 0 Å². The molecule has 0 spiro atoms. The number of aliphatic hydroxyl groups is 1. The van der Waals surface area contributed by atoms with E-state index < -0.39 is 5.82 Å². The Kier molecular flexibility index (Phi) is 5.68. The van der Waals surface area contributed by atoms with Crippen molar-refractivity contribution in [1.29, 1.82) is 0 Å². The van der Waals surface area contributed by atoms with Gasteiger partial charge in [0, 0.05) is 13.0 Å². The second-order valence-corrected chi connectivity index (χ2v) is 4.29. The van der Waals surface area contributed by atoms with Gasteiger partial charge in [0.15, 0.2) is 0 Å². The lowest BCUT2D eigenvalue weighted by atomic mass is 10.2. The van der Waals surface area contributed by atoms with Crippen molar-refractivity contribution in [3.05, 3.63) is 28.0 Å². The van der Waals surface area contributed by atoms with Crippen LogP contribution in [0.4, 0.5) is 10.1 Å². The topological polar surface area (TPSA) is 49.3 Å². The summed E-state index contributed by atoms with van der Waals surface area (Å²) in [6.45, 7) is 0.0470. The SMILES string of the molecule is O=C(CCCCO)Nc1c(Cl)cc(F)cc1Cl. The number of unbranched alkanes of at least 4 members (excludes halogenated alkanes) is 1. The molecular formula is C11H12Cl2FNO2. The molecule has 0 aliphatic carbocycles. The Balaban J connectivity index is 2.65. The van der Waals surface area contributed by atoms with Gasteiger partial charge in [-0.2, -0.15) is 0 Å². The largest absolute Gasteiger partial charge is 0.396 e. The van der Waals surface area contributed by atoms with E-state index in [2.05, 4.69) is 5.32 Å². The normalized spacial score (nSPS) is 10.4. The van der Waals surface area contributed by atoms with Gasteiger partial charge in [-0.1, -0.05) is 23.2 Å². The number of nitrogens with one attached hydrogen (secondary N) is 1. The molecule has 0 saturated heterocycles. The minimum absolute atomic E-state index is 0.0470. The highest BCUT2D eigenvalue weighted by Crippen LogP contribution is 2.31. The van der Waals surface area contributed by atoms with Gasteiger partial charge in [-0.25, -0.2) is 4.39 Å². The summed E-state index contributed by atoms with van der Waals surface area (Å²) >= 11 is 11.5. The number of carbonyl (C=O) groups is 1. The molecular weight excluding hydrogens is 268 g/mol. The summed E-state index contributed by atoms with van der Waals surface area (Å²) in [6.07, 6.45) is 1.38. The maximum atomic E-state index is 12.9. The van der Waals surface area contributed by atoms with Crippen molar-refractivity contribution in [2.24, 2.45) is 0 Å². The van der Waals surface area contributed by atoms with Crippen LogP contribution < -0.4 is 5.32 Å².